The molecule has 0 spiro atoms. The molecule has 1 heterocycles. The summed E-state index contributed by atoms with van der Waals surface area (Å²) < 4.78 is 52.9. The molecule has 0 unspecified atom stereocenters. The molecule has 11 heteroatoms. The van der Waals surface area contributed by atoms with Crippen LogP contribution in [0.4, 0.5) is 0 Å². The molecule has 1 saturated carbocycles. The summed E-state index contributed by atoms with van der Waals surface area (Å²) in [5.41, 5.74) is 0.395. The first kappa shape index (κ1) is 25.8. The molecular formula is C22H33N3O6S2. The van der Waals surface area contributed by atoms with Crippen LogP contribution in [0.2, 0.25) is 0 Å². The Kier molecular flexibility index (Phi) is 8.68. The van der Waals surface area contributed by atoms with Gasteiger partial charge in [0.1, 0.15) is 0 Å². The molecule has 0 aromatic heterocycles. The molecule has 184 valence electrons. The second-order valence-corrected chi connectivity index (χ2v) is 12.3. The van der Waals surface area contributed by atoms with Crippen molar-refractivity contribution in [3.63, 3.8) is 0 Å². The maximum Gasteiger partial charge on any atom is 0.254 e. The zero-order valence-corrected chi connectivity index (χ0v) is 20.4. The second kappa shape index (κ2) is 11.1. The lowest BCUT2D eigenvalue weighted by molar-refractivity contribution is 0.0585. The van der Waals surface area contributed by atoms with Gasteiger partial charge in [-0.05, 0) is 49.4 Å². The molecule has 1 aliphatic heterocycles. The molecule has 1 amide bonds. The highest BCUT2D eigenvalue weighted by Gasteiger charge is 2.33. The predicted molar refractivity (Wildman–Crippen MR) is 125 cm³/mol. The lowest BCUT2D eigenvalue weighted by Crippen LogP contribution is -2.43. The van der Waals surface area contributed by atoms with Crippen molar-refractivity contribution in [1.29, 1.82) is 0 Å². The fourth-order valence-electron chi connectivity index (χ4n) is 4.51. The zero-order chi connectivity index (χ0) is 24.1. The number of benzene rings is 1. The van der Waals surface area contributed by atoms with Crippen LogP contribution in [0.1, 0.15) is 48.9 Å². The normalized spacial score (nSPS) is 20.6. The Labute approximate surface area is 196 Å². The van der Waals surface area contributed by atoms with Crippen molar-refractivity contribution >= 4 is 26.0 Å². The molecule has 1 saturated heterocycles. The van der Waals surface area contributed by atoms with E-state index >= 15 is 0 Å². The van der Waals surface area contributed by atoms with E-state index in [1.807, 2.05) is 0 Å². The van der Waals surface area contributed by atoms with Crippen LogP contribution in [0.5, 0.6) is 0 Å². The van der Waals surface area contributed by atoms with E-state index in [4.69, 9.17) is 0 Å². The van der Waals surface area contributed by atoms with E-state index in [9.17, 15) is 26.7 Å². The highest BCUT2D eigenvalue weighted by Crippen LogP contribution is 2.26. The average Bonchev–Trinajstić information content (AvgIpc) is 3.32. The fourth-order valence-corrected chi connectivity index (χ4v) is 6.63. The van der Waals surface area contributed by atoms with Gasteiger partial charge in [-0.25, -0.2) is 21.6 Å². The molecule has 33 heavy (non-hydrogen) atoms. The van der Waals surface area contributed by atoms with Crippen LogP contribution in [0.15, 0.2) is 41.1 Å². The summed E-state index contributed by atoms with van der Waals surface area (Å²) in [5, 5.41) is 10.3. The summed E-state index contributed by atoms with van der Waals surface area (Å²) in [6, 6.07) is 6.02. The summed E-state index contributed by atoms with van der Waals surface area (Å²) in [7, 11) is -7.30. The van der Waals surface area contributed by atoms with Crippen LogP contribution < -0.4 is 4.72 Å². The number of carbonyl (C=O) groups excluding carboxylic acids is 1. The van der Waals surface area contributed by atoms with E-state index in [1.54, 1.807) is 4.90 Å². The molecule has 2 aliphatic rings. The molecule has 1 aromatic carbocycles. The van der Waals surface area contributed by atoms with Gasteiger partial charge < -0.3 is 10.0 Å². The number of rotatable bonds is 10. The number of nitrogens with zero attached hydrogens (tertiary/aromatic N) is 2. The number of hydrogen-bond acceptors (Lipinski definition) is 6. The van der Waals surface area contributed by atoms with Gasteiger partial charge >= 0.3 is 0 Å². The van der Waals surface area contributed by atoms with Gasteiger partial charge in [-0.15, -0.1) is 0 Å². The Morgan fingerprint density at radius 2 is 1.79 bits per heavy atom. The first-order chi connectivity index (χ1) is 15.7. The standard InChI is InChI=1S/C22H33N3O6S2/c1-2-32(28,29)23-16-18-12-13-24(17-18)33(30,31)21-10-8-19(9-11-21)22(27)25(14-15-26)20-6-4-3-5-7-20/h2,8-11,18,20,23,26H,1,3-7,12-17H2/t18-/m1/s1. The Hall–Kier alpha value is -1.79. The summed E-state index contributed by atoms with van der Waals surface area (Å²) in [6.45, 7) is 4.05. The van der Waals surface area contributed by atoms with Crippen LogP contribution in [0, 0.1) is 5.92 Å². The smallest absolute Gasteiger partial charge is 0.254 e. The fraction of sp³-hybridized carbons (Fsp3) is 0.591. The monoisotopic (exact) mass is 499 g/mol. The molecule has 0 radical (unpaired) electrons. The minimum absolute atomic E-state index is 0.0951. The van der Waals surface area contributed by atoms with Gasteiger partial charge in [-0.1, -0.05) is 25.8 Å². The minimum Gasteiger partial charge on any atom is -0.395 e. The van der Waals surface area contributed by atoms with Crippen molar-refractivity contribution in [2.75, 3.05) is 32.8 Å². The largest absolute Gasteiger partial charge is 0.395 e. The molecule has 1 atom stereocenters. The van der Waals surface area contributed by atoms with Gasteiger partial charge in [0.05, 0.1) is 11.5 Å². The van der Waals surface area contributed by atoms with Crippen LogP contribution in [-0.2, 0) is 20.0 Å². The third kappa shape index (κ3) is 6.42. The molecule has 2 fully saturated rings. The molecule has 1 aliphatic carbocycles. The first-order valence-electron chi connectivity index (χ1n) is 11.3. The van der Waals surface area contributed by atoms with Gasteiger partial charge in [0.2, 0.25) is 20.0 Å². The number of aliphatic hydroxyl groups excluding tert-OH is 1. The van der Waals surface area contributed by atoms with E-state index in [1.165, 1.54) is 28.6 Å². The molecule has 9 nitrogen and oxygen atoms in total. The van der Waals surface area contributed by atoms with Crippen LogP contribution in [0.25, 0.3) is 0 Å². The molecular weight excluding hydrogens is 466 g/mol. The lowest BCUT2D eigenvalue weighted by atomic mass is 9.93. The van der Waals surface area contributed by atoms with Gasteiger partial charge in [-0.2, -0.15) is 4.31 Å². The highest BCUT2D eigenvalue weighted by atomic mass is 32.2. The molecule has 2 N–H and O–H groups in total. The molecule has 3 rings (SSSR count). The van der Waals surface area contributed by atoms with Crippen molar-refractivity contribution < 1.29 is 26.7 Å². The van der Waals surface area contributed by atoms with E-state index in [0.29, 0.717) is 18.5 Å². The van der Waals surface area contributed by atoms with Crippen molar-refractivity contribution in [2.45, 2.75) is 49.5 Å². The Morgan fingerprint density at radius 3 is 2.39 bits per heavy atom. The number of hydrogen-bond donors (Lipinski definition) is 2. The number of nitrogens with one attached hydrogen (secondary N) is 1. The highest BCUT2D eigenvalue weighted by molar-refractivity contribution is 7.92. The quantitative estimate of drug-likeness (QED) is 0.503. The van der Waals surface area contributed by atoms with Gasteiger partial charge in [0.15, 0.2) is 0 Å². The summed E-state index contributed by atoms with van der Waals surface area (Å²) in [5.74, 6) is -0.325. The third-order valence-electron chi connectivity index (χ3n) is 6.40. The SMILES string of the molecule is C=CS(=O)(=O)NC[C@H]1CCN(S(=O)(=O)c2ccc(C(=O)N(CCO)C3CCCCC3)cc2)C1. The molecule has 1 aromatic rings. The first-order valence-corrected chi connectivity index (χ1v) is 14.3. The second-order valence-electron chi connectivity index (χ2n) is 8.62. The van der Waals surface area contributed by atoms with E-state index in [0.717, 1.165) is 37.5 Å². The van der Waals surface area contributed by atoms with Crippen molar-refractivity contribution in [3.05, 3.63) is 41.8 Å². The van der Waals surface area contributed by atoms with Crippen LogP contribution >= 0.6 is 0 Å². The predicted octanol–water partition coefficient (Wildman–Crippen LogP) is 1.53. The number of sulfonamides is 2. The Morgan fingerprint density at radius 1 is 1.12 bits per heavy atom. The van der Waals surface area contributed by atoms with E-state index in [-0.39, 0.29) is 49.0 Å². The summed E-state index contributed by atoms with van der Waals surface area (Å²) >= 11 is 0. The van der Waals surface area contributed by atoms with E-state index < -0.39 is 20.0 Å². The van der Waals surface area contributed by atoms with Crippen molar-refractivity contribution in [2.24, 2.45) is 5.92 Å². The average molecular weight is 500 g/mol. The number of carbonyl (C=O) groups is 1. The Bertz CT molecular complexity index is 1030. The third-order valence-corrected chi connectivity index (χ3v) is 9.28. The molecule has 0 bridgehead atoms. The maximum absolute atomic E-state index is 13.1. The Balaban J connectivity index is 1.67. The van der Waals surface area contributed by atoms with E-state index in [2.05, 4.69) is 11.3 Å². The van der Waals surface area contributed by atoms with Crippen LogP contribution in [0.3, 0.4) is 0 Å². The van der Waals surface area contributed by atoms with Crippen molar-refractivity contribution in [3.8, 4) is 0 Å². The lowest BCUT2D eigenvalue weighted by Gasteiger charge is -2.34. The van der Waals surface area contributed by atoms with Crippen LogP contribution in [-0.4, -0.2) is 75.9 Å². The van der Waals surface area contributed by atoms with Gasteiger partial charge in [-0.3, -0.25) is 4.79 Å². The maximum atomic E-state index is 13.1. The van der Waals surface area contributed by atoms with Gasteiger partial charge in [0, 0.05) is 43.2 Å². The zero-order valence-electron chi connectivity index (χ0n) is 18.7. The summed E-state index contributed by atoms with van der Waals surface area (Å²) in [4.78, 5) is 14.9. The number of aliphatic hydroxyl groups is 1. The number of amides is 1. The van der Waals surface area contributed by atoms with Crippen molar-refractivity contribution in [1.82, 2.24) is 13.9 Å². The summed E-state index contributed by atoms with van der Waals surface area (Å²) in [6.07, 6.45) is 5.65. The van der Waals surface area contributed by atoms with Gasteiger partial charge in [0.25, 0.3) is 5.91 Å². The topological polar surface area (TPSA) is 124 Å². The minimum atomic E-state index is -3.75.